The van der Waals surface area contributed by atoms with Crippen LogP contribution in [0.1, 0.15) is 35.4 Å². The summed E-state index contributed by atoms with van der Waals surface area (Å²) in [5, 5.41) is 7.39. The Kier molecular flexibility index (Phi) is 8.33. The molecule has 1 aliphatic heterocycles. The van der Waals surface area contributed by atoms with Crippen LogP contribution in [0.25, 0.3) is 0 Å². The lowest BCUT2D eigenvalue weighted by Gasteiger charge is -2.21. The van der Waals surface area contributed by atoms with Gasteiger partial charge in [-0.2, -0.15) is 8.42 Å². The Morgan fingerprint density at radius 1 is 1.40 bits per heavy atom. The van der Waals surface area contributed by atoms with Crippen molar-refractivity contribution in [2.45, 2.75) is 19.1 Å². The minimum atomic E-state index is -5.15. The third-order valence-electron chi connectivity index (χ3n) is 3.61. The maximum atomic E-state index is 12.6. The maximum Gasteiger partial charge on any atom is 0.476 e. The average molecular weight is 465 g/mol. The van der Waals surface area contributed by atoms with E-state index in [1.807, 2.05) is 0 Å². The van der Waals surface area contributed by atoms with Crippen LogP contribution in [-0.2, 0) is 19.9 Å². The molecule has 0 aliphatic carbocycles. The van der Waals surface area contributed by atoms with Crippen molar-refractivity contribution in [2.75, 3.05) is 37.3 Å². The van der Waals surface area contributed by atoms with Gasteiger partial charge in [0.15, 0.2) is 0 Å². The molecule has 1 atom stereocenters. The molecule has 2 amide bonds. The molecule has 2 heterocycles. The molecule has 1 aromatic heterocycles. The van der Waals surface area contributed by atoms with Crippen LogP contribution in [0.15, 0.2) is 6.07 Å². The molecular weight excluding hydrogens is 442 g/mol. The molecule has 0 saturated carbocycles. The molecule has 1 aliphatic rings. The number of nitrogens with zero attached hydrogens (tertiary/aromatic N) is 2. The van der Waals surface area contributed by atoms with Crippen LogP contribution in [0, 0.1) is 0 Å². The van der Waals surface area contributed by atoms with Gasteiger partial charge in [0.2, 0.25) is 0 Å². The van der Waals surface area contributed by atoms with Crippen molar-refractivity contribution >= 4 is 45.8 Å². The minimum absolute atomic E-state index is 0.00994. The zero-order valence-corrected chi connectivity index (χ0v) is 17.8. The van der Waals surface area contributed by atoms with Gasteiger partial charge < -0.3 is 15.4 Å². The largest absolute Gasteiger partial charge is 0.476 e. The van der Waals surface area contributed by atoms with Crippen molar-refractivity contribution in [1.29, 1.82) is 0 Å². The normalized spacial score (nSPS) is 16.4. The van der Waals surface area contributed by atoms with E-state index in [9.17, 15) is 22.8 Å². The van der Waals surface area contributed by atoms with Crippen LogP contribution in [-0.4, -0.2) is 67.7 Å². The molecule has 30 heavy (non-hydrogen) atoms. The first kappa shape index (κ1) is 23.8. The highest BCUT2D eigenvalue weighted by Gasteiger charge is 2.36. The van der Waals surface area contributed by atoms with Crippen LogP contribution >= 0.6 is 11.8 Å². The molecule has 166 valence electrons. The van der Waals surface area contributed by atoms with Crippen molar-refractivity contribution in [2.24, 2.45) is 0 Å². The second-order valence-corrected chi connectivity index (χ2v) is 8.10. The minimum Gasteiger partial charge on any atom is -0.438 e. The van der Waals surface area contributed by atoms with E-state index in [-0.39, 0.29) is 34.6 Å². The van der Waals surface area contributed by atoms with Crippen LogP contribution in [0.5, 0.6) is 0 Å². The molecule has 13 nitrogen and oxygen atoms in total. The molecule has 0 spiro atoms. The first-order valence-electron chi connectivity index (χ1n) is 8.89. The summed E-state index contributed by atoms with van der Waals surface area (Å²) in [6.07, 6.45) is -0.979. The Bertz CT molecular complexity index is 918. The molecule has 2 rings (SSSR count). The standard InChI is InChI=1S/C15H21N5O8S2/c1-3-17-14(22)12(21)13-18-9(10-8-16-5-6-29-10)7-11(19-15(23)27-4-2)20(13)28-30(24,25)26/h7,10,16H,3-6,8H2,1-2H3,(H2,17,22,24,25,26)/p+1. The van der Waals surface area contributed by atoms with Crippen molar-refractivity contribution in [3.63, 3.8) is 0 Å². The Balaban J connectivity index is 2.64. The van der Waals surface area contributed by atoms with Crippen LogP contribution in [0.4, 0.5) is 10.6 Å². The number of hydrogen-bond donors (Lipinski definition) is 4. The van der Waals surface area contributed by atoms with E-state index in [0.717, 1.165) is 12.3 Å². The summed E-state index contributed by atoms with van der Waals surface area (Å²) >= 11 is 1.51. The van der Waals surface area contributed by atoms with Crippen molar-refractivity contribution in [3.8, 4) is 0 Å². The number of carbonyl (C=O) groups is 3. The SMILES string of the molecule is CCNC(=O)C(=O)c1nc(C2CNCCS2)cc(NC(=O)OCC)[n+]1OS(=O)(=O)O. The molecule has 1 saturated heterocycles. The van der Waals surface area contributed by atoms with Crippen LogP contribution < -0.4 is 25.0 Å². The summed E-state index contributed by atoms with van der Waals surface area (Å²) in [4.78, 5) is 40.7. The van der Waals surface area contributed by atoms with Crippen LogP contribution in [0.3, 0.4) is 0 Å². The maximum absolute atomic E-state index is 12.6. The lowest BCUT2D eigenvalue weighted by Crippen LogP contribution is -2.55. The molecule has 1 unspecified atom stereocenters. The van der Waals surface area contributed by atoms with Gasteiger partial charge in [-0.15, -0.1) is 11.8 Å². The summed E-state index contributed by atoms with van der Waals surface area (Å²) in [5.74, 6) is -2.71. The number of nitrogens with one attached hydrogen (secondary N) is 3. The van der Waals surface area contributed by atoms with E-state index >= 15 is 0 Å². The topological polar surface area (TPSA) is 177 Å². The van der Waals surface area contributed by atoms with Gasteiger partial charge in [0.1, 0.15) is 5.69 Å². The predicted octanol–water partition coefficient (Wildman–Crippen LogP) is -1.13. The zero-order valence-electron chi connectivity index (χ0n) is 16.2. The Morgan fingerprint density at radius 2 is 2.13 bits per heavy atom. The van der Waals surface area contributed by atoms with Gasteiger partial charge >= 0.3 is 28.1 Å². The van der Waals surface area contributed by atoms with E-state index in [2.05, 4.69) is 25.2 Å². The highest BCUT2D eigenvalue weighted by Crippen LogP contribution is 2.29. The smallest absolute Gasteiger partial charge is 0.438 e. The van der Waals surface area contributed by atoms with E-state index in [0.29, 0.717) is 6.54 Å². The summed E-state index contributed by atoms with van der Waals surface area (Å²) in [7, 11) is -5.15. The lowest BCUT2D eigenvalue weighted by molar-refractivity contribution is -0.848. The third kappa shape index (κ3) is 6.51. The zero-order chi connectivity index (χ0) is 22.3. The third-order valence-corrected chi connectivity index (χ3v) is 5.20. The lowest BCUT2D eigenvalue weighted by atomic mass is 10.2. The fourth-order valence-corrected chi connectivity index (χ4v) is 3.86. The number of Topliss-reactive ketones (excluding diaryl/α,β-unsaturated/α-hetero) is 1. The molecule has 0 aromatic carbocycles. The number of hydrogen-bond acceptors (Lipinski definition) is 10. The molecular formula is C15H22N5O8S2+. The van der Waals surface area contributed by atoms with Crippen molar-refractivity contribution < 1.29 is 41.1 Å². The number of anilines is 1. The van der Waals surface area contributed by atoms with E-state index in [4.69, 9.17) is 9.29 Å². The van der Waals surface area contributed by atoms with Crippen LogP contribution in [0.2, 0.25) is 0 Å². The van der Waals surface area contributed by atoms with Gasteiger partial charge in [0.05, 0.1) is 17.9 Å². The quantitative estimate of drug-likeness (QED) is 0.158. The number of aromatic nitrogens is 2. The number of ether oxygens (including phenoxy) is 1. The van der Waals surface area contributed by atoms with Gasteiger partial charge in [-0.05, 0) is 18.6 Å². The number of likely N-dealkylation sites (N-methyl/N-ethyl adjacent to an activating group) is 1. The summed E-state index contributed by atoms with van der Waals surface area (Å²) in [5.41, 5.74) is 0.279. The number of amides is 2. The second-order valence-electron chi connectivity index (χ2n) is 5.78. The average Bonchev–Trinajstić information content (AvgIpc) is 2.68. The molecule has 1 aromatic rings. The number of rotatable bonds is 8. The Morgan fingerprint density at radius 3 is 2.70 bits per heavy atom. The first-order valence-corrected chi connectivity index (χ1v) is 11.3. The van der Waals surface area contributed by atoms with Gasteiger partial charge in [-0.3, -0.25) is 14.1 Å². The summed E-state index contributed by atoms with van der Waals surface area (Å²) in [6.45, 7) is 4.51. The molecule has 0 radical (unpaired) electrons. The van der Waals surface area contributed by atoms with Gasteiger partial charge in [0, 0.05) is 25.4 Å². The number of carbonyl (C=O) groups excluding carboxylic acids is 3. The molecule has 15 heteroatoms. The molecule has 4 N–H and O–H groups in total. The summed E-state index contributed by atoms with van der Waals surface area (Å²) in [6, 6.07) is 1.27. The van der Waals surface area contributed by atoms with Gasteiger partial charge in [-0.25, -0.2) is 14.4 Å². The number of ketones is 1. The highest BCUT2D eigenvalue weighted by molar-refractivity contribution is 7.99. The van der Waals surface area contributed by atoms with Crippen molar-refractivity contribution in [3.05, 3.63) is 17.6 Å². The summed E-state index contributed by atoms with van der Waals surface area (Å²) < 4.78 is 41.3. The van der Waals surface area contributed by atoms with Crippen molar-refractivity contribution in [1.82, 2.24) is 15.6 Å². The second kappa shape index (κ2) is 10.5. The Labute approximate surface area is 176 Å². The first-order chi connectivity index (χ1) is 14.2. The van der Waals surface area contributed by atoms with E-state index in [1.165, 1.54) is 17.8 Å². The fraction of sp³-hybridized carbons (Fsp3) is 0.533. The van der Waals surface area contributed by atoms with E-state index < -0.39 is 34.0 Å². The highest BCUT2D eigenvalue weighted by atomic mass is 32.3. The fourth-order valence-electron chi connectivity index (χ4n) is 2.45. The van der Waals surface area contributed by atoms with Gasteiger partial charge in [-0.1, -0.05) is 4.98 Å². The Hall–Kier alpha value is -2.49. The monoisotopic (exact) mass is 464 g/mol. The number of thioether (sulfide) groups is 1. The molecule has 0 bridgehead atoms. The van der Waals surface area contributed by atoms with E-state index in [1.54, 1.807) is 13.8 Å². The molecule has 1 fully saturated rings. The van der Waals surface area contributed by atoms with Gasteiger partial charge in [0.25, 0.3) is 11.7 Å². The predicted molar refractivity (Wildman–Crippen MR) is 104 cm³/mol.